The number of rotatable bonds is 12. The first-order valence-corrected chi connectivity index (χ1v) is 9.37. The minimum atomic E-state index is -0.491. The molecule has 0 spiro atoms. The maximum Gasteiger partial charge on any atom is 0.222 e. The molecule has 0 aromatic heterocycles. The first-order chi connectivity index (χ1) is 11.6. The molecule has 0 aliphatic carbocycles. The Balaban J connectivity index is 1.95. The molecular weight excluding hydrogens is 308 g/mol. The van der Waals surface area contributed by atoms with E-state index in [1.165, 1.54) is 19.3 Å². The number of carbonyl (C=O) groups is 2. The average molecular weight is 342 g/mol. The summed E-state index contributed by atoms with van der Waals surface area (Å²) in [7, 11) is 1.67. The van der Waals surface area contributed by atoms with Crippen molar-refractivity contribution in [3.8, 4) is 0 Å². The third-order valence-corrected chi connectivity index (χ3v) is 4.75. The number of nitrogens with one attached hydrogen (secondary N) is 1. The fourth-order valence-electron chi connectivity index (χ4n) is 3.26. The van der Waals surface area contributed by atoms with Crippen molar-refractivity contribution in [2.75, 3.05) is 20.2 Å². The van der Waals surface area contributed by atoms with Crippen molar-refractivity contribution in [1.29, 1.82) is 0 Å². The molecule has 0 aromatic rings. The molecule has 1 rings (SSSR count). The van der Waals surface area contributed by atoms with E-state index < -0.39 is 6.10 Å². The van der Waals surface area contributed by atoms with Gasteiger partial charge in [-0.2, -0.15) is 0 Å². The molecule has 1 saturated heterocycles. The molecule has 24 heavy (non-hydrogen) atoms. The van der Waals surface area contributed by atoms with Gasteiger partial charge in [-0.15, -0.1) is 0 Å². The number of amides is 2. The highest BCUT2D eigenvalue weighted by Gasteiger charge is 2.33. The van der Waals surface area contributed by atoms with Crippen LogP contribution in [0, 0.1) is 0 Å². The third-order valence-electron chi connectivity index (χ3n) is 4.75. The Bertz CT molecular complexity index is 376. The smallest absolute Gasteiger partial charge is 0.222 e. The predicted molar refractivity (Wildman–Crippen MR) is 93.4 cm³/mol. The summed E-state index contributed by atoms with van der Waals surface area (Å²) in [4.78, 5) is 24.8. The average Bonchev–Trinajstić information content (AvgIpc) is 2.97. The molecule has 1 aliphatic heterocycles. The number of carbonyl (C=O) groups excluding carboxylic acids is 2. The number of nitrogens with zero attached hydrogens (tertiary/aromatic N) is 1. The van der Waals surface area contributed by atoms with Gasteiger partial charge in [0.15, 0.2) is 0 Å². The van der Waals surface area contributed by atoms with Crippen molar-refractivity contribution >= 4 is 11.8 Å². The summed E-state index contributed by atoms with van der Waals surface area (Å²) in [6, 6.07) is -0.206. The number of hydrogen-bond acceptors (Lipinski definition) is 4. The van der Waals surface area contributed by atoms with Gasteiger partial charge in [-0.25, -0.2) is 0 Å². The highest BCUT2D eigenvalue weighted by Crippen LogP contribution is 2.19. The second-order valence-electron chi connectivity index (χ2n) is 6.77. The zero-order valence-corrected chi connectivity index (χ0v) is 15.0. The van der Waals surface area contributed by atoms with E-state index in [4.69, 9.17) is 0 Å². The summed E-state index contributed by atoms with van der Waals surface area (Å²) in [6.45, 7) is 0.294. The number of aliphatic hydroxyl groups excluding tert-OH is 2. The van der Waals surface area contributed by atoms with Gasteiger partial charge in [0.25, 0.3) is 0 Å². The van der Waals surface area contributed by atoms with Crippen LogP contribution in [0.4, 0.5) is 0 Å². The van der Waals surface area contributed by atoms with E-state index in [9.17, 15) is 19.8 Å². The van der Waals surface area contributed by atoms with Crippen molar-refractivity contribution in [1.82, 2.24) is 10.2 Å². The van der Waals surface area contributed by atoms with Crippen LogP contribution in [0.1, 0.15) is 70.6 Å². The maximum atomic E-state index is 12.1. The Hall–Kier alpha value is -1.14. The fourth-order valence-corrected chi connectivity index (χ4v) is 3.26. The Morgan fingerprint density at radius 2 is 1.54 bits per heavy atom. The van der Waals surface area contributed by atoms with Gasteiger partial charge in [0.2, 0.25) is 11.8 Å². The highest BCUT2D eigenvalue weighted by molar-refractivity contribution is 5.77. The van der Waals surface area contributed by atoms with Gasteiger partial charge in [-0.3, -0.25) is 9.59 Å². The second-order valence-corrected chi connectivity index (χ2v) is 6.77. The van der Waals surface area contributed by atoms with Gasteiger partial charge in [-0.1, -0.05) is 38.5 Å². The van der Waals surface area contributed by atoms with Gasteiger partial charge in [0, 0.05) is 26.4 Å². The standard InChI is InChI=1S/C18H34N2O4/c1-19-17(23)10-8-6-4-2-3-5-7-9-11-18(24)20-13-16(22)12-15(20)14-21/h15-16,21-22H,2-14H2,1H3,(H,19,23)/t15?,16-/m1/s1. The van der Waals surface area contributed by atoms with Crippen LogP contribution in [0.15, 0.2) is 0 Å². The van der Waals surface area contributed by atoms with Crippen LogP contribution in [0.2, 0.25) is 0 Å². The molecule has 140 valence electrons. The molecule has 2 atom stereocenters. The molecule has 0 saturated carbocycles. The van der Waals surface area contributed by atoms with Crippen LogP contribution in [0.25, 0.3) is 0 Å². The molecule has 2 amide bonds. The number of β-amino-alcohol motifs (C(OH)–C–C–N with tert-alkyl or cyclic N) is 1. The van der Waals surface area contributed by atoms with E-state index in [2.05, 4.69) is 5.32 Å². The van der Waals surface area contributed by atoms with Gasteiger partial charge in [0.1, 0.15) is 0 Å². The zero-order valence-electron chi connectivity index (χ0n) is 15.0. The molecule has 1 aliphatic rings. The minimum absolute atomic E-state index is 0.0554. The van der Waals surface area contributed by atoms with Crippen molar-refractivity contribution < 1.29 is 19.8 Å². The SMILES string of the molecule is CNC(=O)CCCCCCCCCCC(=O)N1C[C@H](O)CC1CO. The van der Waals surface area contributed by atoms with Gasteiger partial charge in [0.05, 0.1) is 18.8 Å². The lowest BCUT2D eigenvalue weighted by atomic mass is 10.1. The van der Waals surface area contributed by atoms with Crippen LogP contribution < -0.4 is 5.32 Å². The van der Waals surface area contributed by atoms with E-state index >= 15 is 0 Å². The van der Waals surface area contributed by atoms with Crippen LogP contribution in [-0.2, 0) is 9.59 Å². The molecule has 0 radical (unpaired) electrons. The number of likely N-dealkylation sites (tertiary alicyclic amines) is 1. The van der Waals surface area contributed by atoms with Gasteiger partial charge < -0.3 is 20.4 Å². The minimum Gasteiger partial charge on any atom is -0.394 e. The van der Waals surface area contributed by atoms with Crippen LogP contribution >= 0.6 is 0 Å². The highest BCUT2D eigenvalue weighted by atomic mass is 16.3. The first-order valence-electron chi connectivity index (χ1n) is 9.37. The van der Waals surface area contributed by atoms with Gasteiger partial charge >= 0.3 is 0 Å². The lowest BCUT2D eigenvalue weighted by molar-refractivity contribution is -0.133. The normalized spacial score (nSPS) is 20.4. The lowest BCUT2D eigenvalue weighted by Crippen LogP contribution is -2.37. The van der Waals surface area contributed by atoms with Crippen LogP contribution in [0.3, 0.4) is 0 Å². The molecule has 6 nitrogen and oxygen atoms in total. The maximum absolute atomic E-state index is 12.1. The molecule has 1 heterocycles. The fraction of sp³-hybridized carbons (Fsp3) is 0.889. The predicted octanol–water partition coefficient (Wildman–Crippen LogP) is 1.59. The van der Waals surface area contributed by atoms with Crippen molar-refractivity contribution in [2.24, 2.45) is 0 Å². The molecule has 1 unspecified atom stereocenters. The molecule has 0 bridgehead atoms. The Kier molecular flexibility index (Phi) is 10.7. The largest absolute Gasteiger partial charge is 0.394 e. The first kappa shape index (κ1) is 20.9. The lowest BCUT2D eigenvalue weighted by Gasteiger charge is -2.22. The van der Waals surface area contributed by atoms with Crippen molar-refractivity contribution in [3.63, 3.8) is 0 Å². The summed E-state index contributed by atoms with van der Waals surface area (Å²) in [6.07, 6.45) is 9.78. The zero-order chi connectivity index (χ0) is 17.8. The molecule has 1 fully saturated rings. The van der Waals surface area contributed by atoms with Crippen molar-refractivity contribution in [3.05, 3.63) is 0 Å². The molecular formula is C18H34N2O4. The van der Waals surface area contributed by atoms with E-state index in [0.717, 1.165) is 32.1 Å². The van der Waals surface area contributed by atoms with Crippen molar-refractivity contribution in [2.45, 2.75) is 82.8 Å². The number of aliphatic hydroxyl groups is 2. The monoisotopic (exact) mass is 342 g/mol. The molecule has 3 N–H and O–H groups in total. The van der Waals surface area contributed by atoms with Crippen LogP contribution in [0.5, 0.6) is 0 Å². The quantitative estimate of drug-likeness (QED) is 0.470. The summed E-state index contributed by atoms with van der Waals surface area (Å²) in [5, 5.41) is 21.5. The van der Waals surface area contributed by atoms with Gasteiger partial charge in [-0.05, 0) is 19.3 Å². The topological polar surface area (TPSA) is 89.9 Å². The van der Waals surface area contributed by atoms with E-state index in [1.807, 2.05) is 0 Å². The molecule has 0 aromatic carbocycles. The van der Waals surface area contributed by atoms with E-state index in [1.54, 1.807) is 11.9 Å². The van der Waals surface area contributed by atoms with Crippen LogP contribution in [-0.4, -0.2) is 59.3 Å². The third kappa shape index (κ3) is 8.11. The van der Waals surface area contributed by atoms with E-state index in [-0.39, 0.29) is 24.5 Å². The number of hydrogen-bond donors (Lipinski definition) is 3. The Labute approximate surface area is 145 Å². The second kappa shape index (κ2) is 12.3. The van der Waals surface area contributed by atoms with E-state index in [0.29, 0.717) is 25.8 Å². The Morgan fingerprint density at radius 3 is 2.08 bits per heavy atom. The summed E-state index contributed by atoms with van der Waals surface area (Å²) in [5.41, 5.74) is 0. The number of unbranched alkanes of at least 4 members (excludes halogenated alkanes) is 7. The summed E-state index contributed by atoms with van der Waals surface area (Å²) >= 11 is 0. The molecule has 6 heteroatoms. The summed E-state index contributed by atoms with van der Waals surface area (Å²) < 4.78 is 0. The Morgan fingerprint density at radius 1 is 1.00 bits per heavy atom. The summed E-state index contributed by atoms with van der Waals surface area (Å²) in [5.74, 6) is 0.174.